The van der Waals surface area contributed by atoms with Gasteiger partial charge >= 0.3 is 5.97 Å². The van der Waals surface area contributed by atoms with Crippen molar-refractivity contribution < 1.29 is 19.4 Å². The van der Waals surface area contributed by atoms with Gasteiger partial charge in [-0.2, -0.15) is 5.26 Å². The van der Waals surface area contributed by atoms with E-state index in [0.717, 1.165) is 5.56 Å². The summed E-state index contributed by atoms with van der Waals surface area (Å²) in [7, 11) is 0. The molecule has 9 nitrogen and oxygen atoms in total. The minimum atomic E-state index is -1.53. The third-order valence-corrected chi connectivity index (χ3v) is 6.55. The van der Waals surface area contributed by atoms with Crippen molar-refractivity contribution in [1.82, 2.24) is 10.9 Å². The van der Waals surface area contributed by atoms with Gasteiger partial charge in [-0.3, -0.25) is 14.5 Å². The first-order valence-corrected chi connectivity index (χ1v) is 10.2. The smallest absolute Gasteiger partial charge is 0.323 e. The number of anilines is 1. The van der Waals surface area contributed by atoms with E-state index in [4.69, 9.17) is 22.1 Å². The van der Waals surface area contributed by atoms with E-state index < -0.39 is 42.0 Å². The number of rotatable bonds is 3. The number of nitrogens with two attached hydrogens (primary N) is 1. The summed E-state index contributed by atoms with van der Waals surface area (Å²) in [6.45, 7) is -0.541. The number of carboxylic acid groups (broad SMARTS) is 1. The number of ether oxygens (including phenoxy) is 1. The normalized spacial score (nSPS) is 28.3. The number of carbonyl (C=O) groups excluding carboxylic acids is 1. The zero-order valence-corrected chi connectivity index (χ0v) is 17.3. The summed E-state index contributed by atoms with van der Waals surface area (Å²) < 4.78 is 5.80. The lowest BCUT2D eigenvalue weighted by atomic mass is 9.62. The number of para-hydroxylation sites is 1. The molecule has 162 valence electrons. The molecule has 3 heterocycles. The number of amides is 1. The molecule has 5 N–H and O–H groups in total. The highest BCUT2D eigenvalue weighted by Gasteiger charge is 2.67. The van der Waals surface area contributed by atoms with Gasteiger partial charge in [-0.15, -0.1) is 0 Å². The van der Waals surface area contributed by atoms with Gasteiger partial charge in [0.1, 0.15) is 23.6 Å². The number of fused-ring (bicyclic) bond motifs is 4. The Kier molecular flexibility index (Phi) is 4.60. The molecule has 2 aromatic rings. The van der Waals surface area contributed by atoms with Gasteiger partial charge in [0, 0.05) is 10.7 Å². The lowest BCUT2D eigenvalue weighted by molar-refractivity contribution is -0.137. The molecule has 1 saturated heterocycles. The van der Waals surface area contributed by atoms with Gasteiger partial charge < -0.3 is 15.6 Å². The number of nitrogens with zero attached hydrogens (tertiary/aromatic N) is 2. The standard InChI is InChI=1S/C22H18ClN5O4/c23-12-7-5-11(6-8-12)18-17-20(27-26-18)32-19(25)14(9-24)22(17)13-3-1-2-4-15(13)28(21(22)31)10-16(29)30/h1-8,17-18,20,26-27H,10,25H2,(H,29,30). The summed E-state index contributed by atoms with van der Waals surface area (Å²) in [4.78, 5) is 26.8. The van der Waals surface area contributed by atoms with Crippen molar-refractivity contribution in [3.05, 3.63) is 76.1 Å². The Balaban J connectivity index is 1.77. The number of aliphatic carboxylic acids is 1. The van der Waals surface area contributed by atoms with Crippen LogP contribution in [0.3, 0.4) is 0 Å². The number of nitrogens with one attached hydrogen (secondary N) is 2. The summed E-state index contributed by atoms with van der Waals surface area (Å²) in [5.74, 6) is -2.50. The maximum Gasteiger partial charge on any atom is 0.323 e. The fourth-order valence-corrected chi connectivity index (χ4v) is 5.23. The number of carbonyl (C=O) groups is 2. The molecule has 0 saturated carbocycles. The van der Waals surface area contributed by atoms with Crippen LogP contribution in [0.2, 0.25) is 5.02 Å². The van der Waals surface area contributed by atoms with Crippen LogP contribution in [0.1, 0.15) is 17.2 Å². The molecule has 1 fully saturated rings. The molecule has 4 atom stereocenters. The maximum atomic E-state index is 14.1. The van der Waals surface area contributed by atoms with Crippen molar-refractivity contribution in [3.63, 3.8) is 0 Å². The molecule has 1 spiro atoms. The highest BCUT2D eigenvalue weighted by molar-refractivity contribution is 6.30. The summed E-state index contributed by atoms with van der Waals surface area (Å²) >= 11 is 6.05. The van der Waals surface area contributed by atoms with Crippen LogP contribution in [0.25, 0.3) is 0 Å². The van der Waals surface area contributed by atoms with E-state index in [2.05, 4.69) is 16.9 Å². The van der Waals surface area contributed by atoms with Crippen molar-refractivity contribution >= 4 is 29.2 Å². The first-order valence-electron chi connectivity index (χ1n) is 9.86. The lowest BCUT2D eigenvalue weighted by Gasteiger charge is -2.42. The second-order valence-electron chi connectivity index (χ2n) is 7.84. The molecule has 32 heavy (non-hydrogen) atoms. The van der Waals surface area contributed by atoms with E-state index in [1.165, 1.54) is 4.90 Å². The maximum absolute atomic E-state index is 14.1. The summed E-state index contributed by atoms with van der Waals surface area (Å²) in [6, 6.07) is 15.6. The molecular weight excluding hydrogens is 434 g/mol. The Labute approximate surface area is 188 Å². The Hall–Kier alpha value is -3.58. The van der Waals surface area contributed by atoms with Gasteiger partial charge in [0.25, 0.3) is 0 Å². The fraction of sp³-hybridized carbons (Fsp3) is 0.227. The second kappa shape index (κ2) is 7.24. The van der Waals surface area contributed by atoms with Crippen molar-refractivity contribution in [3.8, 4) is 6.07 Å². The first kappa shape index (κ1) is 20.3. The predicted molar refractivity (Wildman–Crippen MR) is 114 cm³/mol. The number of hydrogen-bond donors (Lipinski definition) is 4. The number of halogens is 1. The number of hydrazine groups is 1. The molecule has 0 aromatic heterocycles. The van der Waals surface area contributed by atoms with Crippen LogP contribution in [0.5, 0.6) is 0 Å². The Morgan fingerprint density at radius 1 is 1.25 bits per heavy atom. The largest absolute Gasteiger partial charge is 0.480 e. The van der Waals surface area contributed by atoms with Crippen molar-refractivity contribution in [1.29, 1.82) is 5.26 Å². The molecule has 3 aliphatic heterocycles. The number of benzene rings is 2. The van der Waals surface area contributed by atoms with Crippen LogP contribution in [0, 0.1) is 17.2 Å². The summed E-state index contributed by atoms with van der Waals surface area (Å²) in [5, 5.41) is 20.1. The topological polar surface area (TPSA) is 141 Å². The van der Waals surface area contributed by atoms with Gasteiger partial charge in [0.05, 0.1) is 12.0 Å². The minimum absolute atomic E-state index is 0.0337. The molecule has 0 aliphatic carbocycles. The minimum Gasteiger partial charge on any atom is -0.480 e. The number of carboxylic acids is 1. The highest BCUT2D eigenvalue weighted by Crippen LogP contribution is 2.58. The van der Waals surface area contributed by atoms with Crippen LogP contribution in [0.4, 0.5) is 5.69 Å². The number of nitriles is 1. The predicted octanol–water partition coefficient (Wildman–Crippen LogP) is 1.52. The zero-order valence-electron chi connectivity index (χ0n) is 16.6. The Morgan fingerprint density at radius 3 is 2.66 bits per heavy atom. The van der Waals surface area contributed by atoms with Crippen LogP contribution in [-0.4, -0.2) is 29.8 Å². The first-order chi connectivity index (χ1) is 15.4. The molecular formula is C22H18ClN5O4. The van der Waals surface area contributed by atoms with E-state index in [1.807, 2.05) is 12.1 Å². The SMILES string of the molecule is N#CC1=C(N)OC2NNC(c3ccc(Cl)cc3)C2C12C(=O)N(CC(=O)O)c1ccccc12. The monoisotopic (exact) mass is 451 g/mol. The van der Waals surface area contributed by atoms with E-state index in [0.29, 0.717) is 16.3 Å². The van der Waals surface area contributed by atoms with Gasteiger partial charge in [0.15, 0.2) is 6.23 Å². The van der Waals surface area contributed by atoms with Gasteiger partial charge in [-0.05, 0) is 29.3 Å². The highest BCUT2D eigenvalue weighted by atomic mass is 35.5. The van der Waals surface area contributed by atoms with Crippen LogP contribution < -0.4 is 21.5 Å². The number of hydrogen-bond acceptors (Lipinski definition) is 7. The third-order valence-electron chi connectivity index (χ3n) is 6.30. The fourth-order valence-electron chi connectivity index (χ4n) is 5.10. The van der Waals surface area contributed by atoms with Crippen LogP contribution in [0.15, 0.2) is 60.0 Å². The Bertz CT molecular complexity index is 1210. The van der Waals surface area contributed by atoms with Crippen molar-refractivity contribution in [2.45, 2.75) is 17.7 Å². The quantitative estimate of drug-likeness (QED) is 0.550. The molecule has 0 bridgehead atoms. The van der Waals surface area contributed by atoms with Crippen LogP contribution >= 0.6 is 11.6 Å². The Morgan fingerprint density at radius 2 is 1.97 bits per heavy atom. The average molecular weight is 452 g/mol. The van der Waals surface area contributed by atoms with Crippen molar-refractivity contribution in [2.75, 3.05) is 11.4 Å². The molecule has 5 rings (SSSR count). The van der Waals surface area contributed by atoms with E-state index >= 15 is 0 Å². The molecule has 3 aliphatic rings. The van der Waals surface area contributed by atoms with Gasteiger partial charge in [0.2, 0.25) is 11.8 Å². The van der Waals surface area contributed by atoms with E-state index in [9.17, 15) is 20.0 Å². The van der Waals surface area contributed by atoms with Crippen molar-refractivity contribution in [2.24, 2.45) is 11.7 Å². The van der Waals surface area contributed by atoms with E-state index in [-0.39, 0.29) is 11.5 Å². The van der Waals surface area contributed by atoms with Crippen LogP contribution in [-0.2, 0) is 19.7 Å². The van der Waals surface area contributed by atoms with Gasteiger partial charge in [-0.1, -0.05) is 41.9 Å². The molecule has 1 amide bonds. The summed E-state index contributed by atoms with van der Waals surface area (Å²) in [6.07, 6.45) is -0.741. The molecule has 0 radical (unpaired) electrons. The van der Waals surface area contributed by atoms with Gasteiger partial charge in [-0.25, -0.2) is 10.9 Å². The molecule has 4 unspecified atom stereocenters. The zero-order chi connectivity index (χ0) is 22.6. The lowest BCUT2D eigenvalue weighted by Crippen LogP contribution is -2.56. The molecule has 2 aromatic carbocycles. The summed E-state index contributed by atoms with van der Waals surface area (Å²) in [5.41, 5.74) is 12.5. The second-order valence-corrected chi connectivity index (χ2v) is 8.28. The molecule has 10 heteroatoms. The third kappa shape index (κ3) is 2.64. The van der Waals surface area contributed by atoms with E-state index in [1.54, 1.807) is 36.4 Å². The average Bonchev–Trinajstić information content (AvgIpc) is 3.29.